The van der Waals surface area contributed by atoms with E-state index in [0.29, 0.717) is 0 Å². The number of tetrazole rings is 1. The number of benzene rings is 1. The van der Waals surface area contributed by atoms with Crippen molar-refractivity contribution < 1.29 is 0 Å². The standard InChI is InChI=1S/C13H11Br2N5S/c1-8-17-18-19-20(8)10-4-2-3-9(5-10)16-7-11-6-12(14)13(15)21-11/h2-6,16H,7H2,1H3. The summed E-state index contributed by atoms with van der Waals surface area (Å²) in [5.41, 5.74) is 1.97. The molecule has 2 heterocycles. The summed E-state index contributed by atoms with van der Waals surface area (Å²) in [7, 11) is 0. The van der Waals surface area contributed by atoms with Crippen LogP contribution in [0.5, 0.6) is 0 Å². The fraction of sp³-hybridized carbons (Fsp3) is 0.154. The number of nitrogens with one attached hydrogen (secondary N) is 1. The summed E-state index contributed by atoms with van der Waals surface area (Å²) >= 11 is 8.71. The average molecular weight is 429 g/mol. The molecule has 0 bridgehead atoms. The van der Waals surface area contributed by atoms with E-state index >= 15 is 0 Å². The van der Waals surface area contributed by atoms with Crippen LogP contribution in [0, 0.1) is 6.92 Å². The minimum Gasteiger partial charge on any atom is -0.380 e. The molecule has 0 saturated heterocycles. The normalized spacial score (nSPS) is 10.8. The summed E-state index contributed by atoms with van der Waals surface area (Å²) in [6.07, 6.45) is 0. The molecule has 1 N–H and O–H groups in total. The Morgan fingerprint density at radius 1 is 1.29 bits per heavy atom. The molecule has 0 saturated carbocycles. The largest absolute Gasteiger partial charge is 0.380 e. The predicted octanol–water partition coefficient (Wildman–Crippen LogP) is 4.17. The van der Waals surface area contributed by atoms with E-state index in [0.717, 1.165) is 32.0 Å². The molecule has 21 heavy (non-hydrogen) atoms. The maximum Gasteiger partial charge on any atom is 0.153 e. The van der Waals surface area contributed by atoms with Crippen LogP contribution in [0.1, 0.15) is 10.7 Å². The summed E-state index contributed by atoms with van der Waals surface area (Å²) in [5.74, 6) is 0.762. The number of nitrogens with zero attached hydrogens (tertiary/aromatic N) is 4. The van der Waals surface area contributed by atoms with Gasteiger partial charge in [0, 0.05) is 21.6 Å². The molecular weight excluding hydrogens is 418 g/mol. The third kappa shape index (κ3) is 3.33. The second-order valence-electron chi connectivity index (χ2n) is 4.38. The topological polar surface area (TPSA) is 55.6 Å². The van der Waals surface area contributed by atoms with E-state index in [-0.39, 0.29) is 0 Å². The van der Waals surface area contributed by atoms with Crippen LogP contribution in [0.15, 0.2) is 38.6 Å². The first kappa shape index (κ1) is 14.7. The Balaban J connectivity index is 1.76. The van der Waals surface area contributed by atoms with Gasteiger partial charge >= 0.3 is 0 Å². The number of anilines is 1. The highest BCUT2D eigenvalue weighted by atomic mass is 79.9. The zero-order valence-corrected chi connectivity index (χ0v) is 15.0. The summed E-state index contributed by atoms with van der Waals surface area (Å²) in [4.78, 5) is 1.25. The second kappa shape index (κ2) is 6.25. The Kier molecular flexibility index (Phi) is 4.37. The van der Waals surface area contributed by atoms with Crippen molar-refractivity contribution in [2.45, 2.75) is 13.5 Å². The number of halogens is 2. The first-order valence-corrected chi connectivity index (χ1v) is 8.57. The summed E-state index contributed by atoms with van der Waals surface area (Å²) < 4.78 is 3.91. The summed E-state index contributed by atoms with van der Waals surface area (Å²) in [6, 6.07) is 10.1. The van der Waals surface area contributed by atoms with Gasteiger partial charge in [-0.15, -0.1) is 16.4 Å². The molecule has 1 aromatic carbocycles. The minimum absolute atomic E-state index is 0.762. The van der Waals surface area contributed by atoms with E-state index in [2.05, 4.69) is 58.8 Å². The number of aryl methyl sites for hydroxylation is 1. The van der Waals surface area contributed by atoms with Gasteiger partial charge in [0.25, 0.3) is 0 Å². The summed E-state index contributed by atoms with van der Waals surface area (Å²) in [5, 5.41) is 15.0. The third-order valence-electron chi connectivity index (χ3n) is 2.88. The van der Waals surface area contributed by atoms with Crippen molar-refractivity contribution >= 4 is 48.9 Å². The molecule has 2 aromatic heterocycles. The number of rotatable bonds is 4. The molecule has 0 atom stereocenters. The van der Waals surface area contributed by atoms with E-state index in [1.807, 2.05) is 31.2 Å². The van der Waals surface area contributed by atoms with Gasteiger partial charge < -0.3 is 5.32 Å². The predicted molar refractivity (Wildman–Crippen MR) is 90.9 cm³/mol. The lowest BCUT2D eigenvalue weighted by Crippen LogP contribution is -2.02. The summed E-state index contributed by atoms with van der Waals surface area (Å²) in [6.45, 7) is 2.65. The van der Waals surface area contributed by atoms with Crippen LogP contribution < -0.4 is 5.32 Å². The van der Waals surface area contributed by atoms with E-state index in [1.54, 1.807) is 16.0 Å². The van der Waals surface area contributed by atoms with E-state index in [1.165, 1.54) is 4.88 Å². The molecule has 0 amide bonds. The van der Waals surface area contributed by atoms with E-state index in [9.17, 15) is 0 Å². The van der Waals surface area contributed by atoms with Gasteiger partial charge in [0.05, 0.1) is 9.47 Å². The van der Waals surface area contributed by atoms with Crippen LogP contribution >= 0.6 is 43.2 Å². The van der Waals surface area contributed by atoms with Crippen molar-refractivity contribution in [3.8, 4) is 5.69 Å². The smallest absolute Gasteiger partial charge is 0.153 e. The molecule has 0 aliphatic carbocycles. The molecule has 0 radical (unpaired) electrons. The van der Waals surface area contributed by atoms with Crippen LogP contribution in [0.2, 0.25) is 0 Å². The molecule has 0 spiro atoms. The van der Waals surface area contributed by atoms with Gasteiger partial charge in [-0.1, -0.05) is 6.07 Å². The molecule has 8 heteroatoms. The Bertz CT molecular complexity index is 748. The third-order valence-corrected chi connectivity index (χ3v) is 6.14. The van der Waals surface area contributed by atoms with E-state index < -0.39 is 0 Å². The fourth-order valence-electron chi connectivity index (χ4n) is 1.89. The molecule has 0 unspecified atom stereocenters. The first-order chi connectivity index (χ1) is 10.1. The lowest BCUT2D eigenvalue weighted by Gasteiger charge is -2.07. The van der Waals surface area contributed by atoms with Crippen molar-refractivity contribution in [3.05, 3.63) is 49.3 Å². The van der Waals surface area contributed by atoms with Gasteiger partial charge in [0.2, 0.25) is 0 Å². The monoisotopic (exact) mass is 427 g/mol. The maximum atomic E-state index is 3.98. The highest BCUT2D eigenvalue weighted by molar-refractivity contribution is 9.13. The lowest BCUT2D eigenvalue weighted by molar-refractivity contribution is 0.779. The Labute approximate surface area is 142 Å². The van der Waals surface area contributed by atoms with E-state index in [4.69, 9.17) is 0 Å². The van der Waals surface area contributed by atoms with Gasteiger partial charge in [0.1, 0.15) is 0 Å². The molecule has 0 fully saturated rings. The Morgan fingerprint density at radius 2 is 2.14 bits per heavy atom. The van der Waals surface area contributed by atoms with Gasteiger partial charge in [-0.2, -0.15) is 4.68 Å². The molecule has 0 aliphatic rings. The second-order valence-corrected chi connectivity index (χ2v) is 7.69. The zero-order valence-electron chi connectivity index (χ0n) is 11.0. The maximum absolute atomic E-state index is 3.98. The van der Waals surface area contributed by atoms with Crippen molar-refractivity contribution in [2.24, 2.45) is 0 Å². The number of hydrogen-bond donors (Lipinski definition) is 1. The van der Waals surface area contributed by atoms with Crippen molar-refractivity contribution in [3.63, 3.8) is 0 Å². The molecule has 5 nitrogen and oxygen atoms in total. The Hall–Kier alpha value is -1.25. The SMILES string of the molecule is Cc1nnnn1-c1cccc(NCc2cc(Br)c(Br)s2)c1. The molecule has 3 aromatic rings. The quantitative estimate of drug-likeness (QED) is 0.677. The first-order valence-electron chi connectivity index (χ1n) is 6.16. The average Bonchev–Trinajstić information content (AvgIpc) is 3.03. The van der Waals surface area contributed by atoms with Gasteiger partial charge in [-0.3, -0.25) is 0 Å². The highest BCUT2D eigenvalue weighted by Gasteiger charge is 2.06. The molecule has 0 aliphatic heterocycles. The number of hydrogen-bond acceptors (Lipinski definition) is 5. The number of thiophene rings is 1. The van der Waals surface area contributed by atoms with Crippen LogP contribution in [0.25, 0.3) is 5.69 Å². The molecular formula is C13H11Br2N5S. The van der Waals surface area contributed by atoms with Gasteiger partial charge in [0.15, 0.2) is 5.82 Å². The lowest BCUT2D eigenvalue weighted by atomic mass is 10.2. The van der Waals surface area contributed by atoms with Crippen LogP contribution in [0.3, 0.4) is 0 Å². The minimum atomic E-state index is 0.762. The van der Waals surface area contributed by atoms with Crippen molar-refractivity contribution in [1.82, 2.24) is 20.2 Å². The Morgan fingerprint density at radius 3 is 2.81 bits per heavy atom. The molecule has 108 valence electrons. The van der Waals surface area contributed by atoms with Crippen LogP contribution in [0.4, 0.5) is 5.69 Å². The van der Waals surface area contributed by atoms with Crippen molar-refractivity contribution in [2.75, 3.05) is 5.32 Å². The van der Waals surface area contributed by atoms with Crippen LogP contribution in [-0.2, 0) is 6.54 Å². The van der Waals surface area contributed by atoms with Crippen molar-refractivity contribution in [1.29, 1.82) is 0 Å². The zero-order chi connectivity index (χ0) is 14.8. The highest BCUT2D eigenvalue weighted by Crippen LogP contribution is 2.32. The number of aromatic nitrogens is 4. The van der Waals surface area contributed by atoms with Crippen LogP contribution in [-0.4, -0.2) is 20.2 Å². The van der Waals surface area contributed by atoms with Gasteiger partial charge in [-0.25, -0.2) is 0 Å². The molecule has 3 rings (SSSR count). The van der Waals surface area contributed by atoms with Gasteiger partial charge in [-0.05, 0) is 73.5 Å². The fourth-order valence-corrected chi connectivity index (χ4v) is 4.00.